The molecule has 0 N–H and O–H groups in total. The van der Waals surface area contributed by atoms with E-state index in [4.69, 9.17) is 4.99 Å². The molecule has 0 saturated heterocycles. The number of hydrogen-bond acceptors (Lipinski definition) is 3. The highest BCUT2D eigenvalue weighted by Gasteiger charge is 2.34. The van der Waals surface area contributed by atoms with Gasteiger partial charge in [0.05, 0.1) is 0 Å². The molecule has 1 aliphatic rings. The number of likely N-dealkylation sites (N-methyl/N-ethyl adjacent to an activating group) is 1. The van der Waals surface area contributed by atoms with Crippen LogP contribution in [0.1, 0.15) is 42.6 Å². The van der Waals surface area contributed by atoms with E-state index in [1.807, 2.05) is 42.5 Å². The van der Waals surface area contributed by atoms with Gasteiger partial charge in [-0.1, -0.05) is 62.4 Å². The number of rotatable bonds is 4. The predicted molar refractivity (Wildman–Crippen MR) is 112 cm³/mol. The van der Waals surface area contributed by atoms with E-state index in [1.165, 1.54) is 0 Å². The summed E-state index contributed by atoms with van der Waals surface area (Å²) in [4.78, 5) is 23.8. The molecule has 1 aliphatic heterocycles. The molecular weight excluding hydrogens is 346 g/mol. The van der Waals surface area contributed by atoms with E-state index in [-0.39, 0.29) is 5.91 Å². The van der Waals surface area contributed by atoms with E-state index in [2.05, 4.69) is 43.1 Å². The molecular formula is C24H23N3O. The Balaban J connectivity index is 1.71. The molecule has 1 atom stereocenters. The number of carbonyl (C=O) groups is 1. The number of aliphatic imine (C=N–C) groups is 1. The lowest BCUT2D eigenvalue weighted by molar-refractivity contribution is -0.126. The summed E-state index contributed by atoms with van der Waals surface area (Å²) in [5, 5.41) is 0. The lowest BCUT2D eigenvalue weighted by Gasteiger charge is -2.14. The molecule has 1 unspecified atom stereocenters. The molecule has 0 aliphatic carbocycles. The van der Waals surface area contributed by atoms with E-state index in [0.717, 1.165) is 27.9 Å². The number of carbonyl (C=O) groups excluding carboxylic acids is 1. The maximum Gasteiger partial charge on any atom is 0.257 e. The Kier molecular flexibility index (Phi) is 4.78. The Morgan fingerprint density at radius 2 is 1.61 bits per heavy atom. The average molecular weight is 369 g/mol. The van der Waals surface area contributed by atoms with Gasteiger partial charge in [0.15, 0.2) is 6.04 Å². The second-order valence-electron chi connectivity index (χ2n) is 7.37. The van der Waals surface area contributed by atoms with Crippen molar-refractivity contribution < 1.29 is 4.79 Å². The zero-order valence-corrected chi connectivity index (χ0v) is 16.3. The number of benzene rings is 2. The Morgan fingerprint density at radius 1 is 0.893 bits per heavy atom. The van der Waals surface area contributed by atoms with Gasteiger partial charge < -0.3 is 0 Å². The summed E-state index contributed by atoms with van der Waals surface area (Å²) in [7, 11) is 1.79. The third-order valence-electron chi connectivity index (χ3n) is 5.07. The summed E-state index contributed by atoms with van der Waals surface area (Å²) in [6.45, 7) is 4.19. The first-order chi connectivity index (χ1) is 13.5. The number of amidine groups is 1. The molecule has 0 fully saturated rings. The van der Waals surface area contributed by atoms with Crippen LogP contribution in [0.4, 0.5) is 0 Å². The molecule has 2 heterocycles. The molecule has 0 bridgehead atoms. The zero-order valence-electron chi connectivity index (χ0n) is 16.3. The second-order valence-corrected chi connectivity index (χ2v) is 7.37. The number of hydrogen-bond donors (Lipinski definition) is 0. The maximum absolute atomic E-state index is 12.9. The topological polar surface area (TPSA) is 45.6 Å². The van der Waals surface area contributed by atoms with E-state index >= 15 is 0 Å². The quantitative estimate of drug-likeness (QED) is 0.661. The van der Waals surface area contributed by atoms with Gasteiger partial charge >= 0.3 is 0 Å². The van der Waals surface area contributed by atoms with Crippen molar-refractivity contribution in [3.8, 4) is 11.1 Å². The summed E-state index contributed by atoms with van der Waals surface area (Å²) < 4.78 is 0. The average Bonchev–Trinajstić information content (AvgIpc) is 3.04. The third-order valence-corrected chi connectivity index (χ3v) is 5.07. The van der Waals surface area contributed by atoms with Gasteiger partial charge in [0.1, 0.15) is 5.84 Å². The van der Waals surface area contributed by atoms with Gasteiger partial charge in [0, 0.05) is 24.5 Å². The van der Waals surface area contributed by atoms with Crippen LogP contribution in [0.25, 0.3) is 11.1 Å². The highest BCUT2D eigenvalue weighted by molar-refractivity contribution is 6.13. The summed E-state index contributed by atoms with van der Waals surface area (Å²) in [6.07, 6.45) is 1.77. The summed E-state index contributed by atoms with van der Waals surface area (Å²) in [6, 6.07) is 21.8. The van der Waals surface area contributed by atoms with Crippen LogP contribution in [0.15, 0.2) is 77.9 Å². The van der Waals surface area contributed by atoms with Crippen LogP contribution >= 0.6 is 0 Å². The zero-order chi connectivity index (χ0) is 19.7. The standard InChI is InChI=1S/C24H23N3O/c1-16(2)21-15-19(12-13-25-21)22-24(28)27(3)23(26-22)20-11-7-10-18(14-20)17-8-5-4-6-9-17/h4-16,22H,1-3H3. The minimum atomic E-state index is -0.513. The van der Waals surface area contributed by atoms with Crippen molar-refractivity contribution in [3.05, 3.63) is 89.7 Å². The molecule has 0 radical (unpaired) electrons. The molecule has 140 valence electrons. The fraction of sp³-hybridized carbons (Fsp3) is 0.208. The van der Waals surface area contributed by atoms with Crippen molar-refractivity contribution >= 4 is 11.7 Å². The first-order valence-corrected chi connectivity index (χ1v) is 9.51. The first-order valence-electron chi connectivity index (χ1n) is 9.51. The predicted octanol–water partition coefficient (Wildman–Crippen LogP) is 4.83. The van der Waals surface area contributed by atoms with Crippen molar-refractivity contribution in [2.45, 2.75) is 25.8 Å². The molecule has 28 heavy (non-hydrogen) atoms. The van der Waals surface area contributed by atoms with E-state index < -0.39 is 6.04 Å². The normalized spacial score (nSPS) is 16.6. The van der Waals surface area contributed by atoms with Crippen LogP contribution in [0, 0.1) is 0 Å². The Hall–Kier alpha value is -3.27. The summed E-state index contributed by atoms with van der Waals surface area (Å²) >= 11 is 0. The molecule has 2 aromatic carbocycles. The Bertz CT molecular complexity index is 1040. The van der Waals surface area contributed by atoms with Gasteiger partial charge in [0.25, 0.3) is 5.91 Å². The number of amides is 1. The summed E-state index contributed by atoms with van der Waals surface area (Å²) in [5.74, 6) is 0.997. The third kappa shape index (κ3) is 3.33. The molecule has 1 amide bonds. The highest BCUT2D eigenvalue weighted by Crippen LogP contribution is 2.30. The maximum atomic E-state index is 12.9. The Labute approximate surface area is 165 Å². The SMILES string of the molecule is CC(C)c1cc(C2N=C(c3cccc(-c4ccccc4)c3)N(C)C2=O)ccn1. The molecule has 0 saturated carbocycles. The molecule has 0 spiro atoms. The smallest absolute Gasteiger partial charge is 0.257 e. The Morgan fingerprint density at radius 3 is 2.36 bits per heavy atom. The van der Waals surface area contributed by atoms with Crippen molar-refractivity contribution in [1.82, 2.24) is 9.88 Å². The minimum absolute atomic E-state index is 0.0129. The monoisotopic (exact) mass is 369 g/mol. The van der Waals surface area contributed by atoms with Gasteiger partial charge in [-0.2, -0.15) is 0 Å². The highest BCUT2D eigenvalue weighted by atomic mass is 16.2. The van der Waals surface area contributed by atoms with Gasteiger partial charge in [-0.15, -0.1) is 0 Å². The van der Waals surface area contributed by atoms with Crippen LogP contribution in [0.2, 0.25) is 0 Å². The van der Waals surface area contributed by atoms with Crippen LogP contribution in [0.3, 0.4) is 0 Å². The van der Waals surface area contributed by atoms with Crippen molar-refractivity contribution in [2.24, 2.45) is 4.99 Å². The van der Waals surface area contributed by atoms with E-state index in [1.54, 1.807) is 18.1 Å². The van der Waals surface area contributed by atoms with E-state index in [9.17, 15) is 4.79 Å². The van der Waals surface area contributed by atoms with Gasteiger partial charge in [0.2, 0.25) is 0 Å². The van der Waals surface area contributed by atoms with Crippen LogP contribution < -0.4 is 0 Å². The lowest BCUT2D eigenvalue weighted by atomic mass is 10.0. The number of pyridine rings is 1. The lowest BCUT2D eigenvalue weighted by Crippen LogP contribution is -2.29. The molecule has 3 aromatic rings. The summed E-state index contributed by atoms with van der Waals surface area (Å²) in [5.41, 5.74) is 5.06. The number of aromatic nitrogens is 1. The fourth-order valence-corrected chi connectivity index (χ4v) is 3.46. The fourth-order valence-electron chi connectivity index (χ4n) is 3.46. The van der Waals surface area contributed by atoms with Crippen LogP contribution in [-0.4, -0.2) is 28.7 Å². The largest absolute Gasteiger partial charge is 0.298 e. The van der Waals surface area contributed by atoms with Gasteiger partial charge in [-0.3, -0.25) is 14.7 Å². The van der Waals surface area contributed by atoms with Crippen LogP contribution in [-0.2, 0) is 4.79 Å². The van der Waals surface area contributed by atoms with Crippen molar-refractivity contribution in [3.63, 3.8) is 0 Å². The second kappa shape index (κ2) is 7.39. The van der Waals surface area contributed by atoms with Crippen molar-refractivity contribution in [1.29, 1.82) is 0 Å². The van der Waals surface area contributed by atoms with E-state index in [0.29, 0.717) is 11.8 Å². The molecule has 4 nitrogen and oxygen atoms in total. The minimum Gasteiger partial charge on any atom is -0.298 e. The molecule has 1 aromatic heterocycles. The molecule has 4 heteroatoms. The number of nitrogens with zero attached hydrogens (tertiary/aromatic N) is 3. The van der Waals surface area contributed by atoms with Gasteiger partial charge in [-0.25, -0.2) is 4.99 Å². The van der Waals surface area contributed by atoms with Gasteiger partial charge in [-0.05, 0) is 40.8 Å². The first kappa shape index (κ1) is 18.1. The van der Waals surface area contributed by atoms with Crippen molar-refractivity contribution in [2.75, 3.05) is 7.05 Å². The van der Waals surface area contributed by atoms with Crippen LogP contribution in [0.5, 0.6) is 0 Å². The molecule has 4 rings (SSSR count).